The third-order valence-corrected chi connectivity index (χ3v) is 3.63. The van der Waals surface area contributed by atoms with Crippen LogP contribution in [0, 0.1) is 12.8 Å². The largest absolute Gasteiger partial charge is 0.356 e. The number of aryl methyl sites for hydroxylation is 1. The van der Waals surface area contributed by atoms with E-state index in [1.807, 2.05) is 17.5 Å². The molecule has 1 fully saturated rings. The van der Waals surface area contributed by atoms with Crippen molar-refractivity contribution in [2.24, 2.45) is 5.92 Å². The third kappa shape index (κ3) is 1.94. The molecular weight excluding hydrogens is 231 g/mol. The first-order chi connectivity index (χ1) is 8.78. The third-order valence-electron chi connectivity index (χ3n) is 3.63. The molecule has 0 atom stereocenters. The van der Waals surface area contributed by atoms with Crippen LogP contribution in [0.3, 0.4) is 0 Å². The van der Waals surface area contributed by atoms with Crippen molar-refractivity contribution in [3.05, 3.63) is 24.0 Å². The summed E-state index contributed by atoms with van der Waals surface area (Å²) in [5.74, 6) is 1.30. The van der Waals surface area contributed by atoms with Crippen molar-refractivity contribution in [3.63, 3.8) is 0 Å². The molecule has 0 spiro atoms. The maximum Gasteiger partial charge on any atom is 0.157 e. The first kappa shape index (κ1) is 11.4. The average Bonchev–Trinajstić information content (AvgIpc) is 2.86. The second-order valence-electron chi connectivity index (χ2n) is 4.94. The topological polar surface area (TPSA) is 33.4 Å². The predicted molar refractivity (Wildman–Crippen MR) is 68.6 cm³/mol. The van der Waals surface area contributed by atoms with Gasteiger partial charge < -0.3 is 4.90 Å². The van der Waals surface area contributed by atoms with Crippen molar-refractivity contribution in [1.82, 2.24) is 14.6 Å². The molecule has 3 rings (SSSR count). The molecule has 5 heteroatoms. The summed E-state index contributed by atoms with van der Waals surface area (Å²) in [7, 11) is 0. The van der Waals surface area contributed by atoms with E-state index in [2.05, 4.69) is 21.0 Å². The molecule has 18 heavy (non-hydrogen) atoms. The van der Waals surface area contributed by atoms with Crippen LogP contribution in [-0.2, 0) is 0 Å². The first-order valence-corrected chi connectivity index (χ1v) is 6.40. The molecule has 0 aliphatic carbocycles. The Morgan fingerprint density at radius 3 is 2.89 bits per heavy atom. The smallest absolute Gasteiger partial charge is 0.157 e. The van der Waals surface area contributed by atoms with Gasteiger partial charge in [0, 0.05) is 30.9 Å². The predicted octanol–water partition coefficient (Wildman–Crippen LogP) is 2.22. The average molecular weight is 248 g/mol. The summed E-state index contributed by atoms with van der Waals surface area (Å²) in [4.78, 5) is 6.71. The minimum Gasteiger partial charge on any atom is -0.356 e. The minimum absolute atomic E-state index is 0.194. The van der Waals surface area contributed by atoms with Crippen molar-refractivity contribution < 1.29 is 4.39 Å². The van der Waals surface area contributed by atoms with Crippen LogP contribution in [0.4, 0.5) is 10.2 Å². The zero-order valence-corrected chi connectivity index (χ0v) is 10.5. The Morgan fingerprint density at radius 1 is 1.39 bits per heavy atom. The Morgan fingerprint density at radius 2 is 2.17 bits per heavy atom. The van der Waals surface area contributed by atoms with Crippen LogP contribution in [0.25, 0.3) is 5.65 Å². The van der Waals surface area contributed by atoms with E-state index in [1.165, 1.54) is 0 Å². The number of anilines is 1. The van der Waals surface area contributed by atoms with Crippen molar-refractivity contribution >= 4 is 11.5 Å². The summed E-state index contributed by atoms with van der Waals surface area (Å²) >= 11 is 0. The van der Waals surface area contributed by atoms with E-state index < -0.39 is 0 Å². The van der Waals surface area contributed by atoms with Gasteiger partial charge in [-0.1, -0.05) is 0 Å². The lowest BCUT2D eigenvalue weighted by atomic mass is 9.98. The highest BCUT2D eigenvalue weighted by Crippen LogP contribution is 2.24. The van der Waals surface area contributed by atoms with E-state index in [-0.39, 0.29) is 12.6 Å². The van der Waals surface area contributed by atoms with Gasteiger partial charge in [0.15, 0.2) is 5.65 Å². The number of nitrogens with zero attached hydrogens (tertiary/aromatic N) is 4. The Hall–Kier alpha value is -1.65. The van der Waals surface area contributed by atoms with Crippen LogP contribution in [0.15, 0.2) is 18.3 Å². The highest BCUT2D eigenvalue weighted by Gasteiger charge is 2.21. The molecule has 2 aromatic rings. The molecular formula is C13H17FN4. The Labute approximate surface area is 105 Å². The summed E-state index contributed by atoms with van der Waals surface area (Å²) in [5, 5.41) is 4.31. The Balaban J connectivity index is 1.92. The van der Waals surface area contributed by atoms with Crippen molar-refractivity contribution in [2.45, 2.75) is 19.8 Å². The summed E-state index contributed by atoms with van der Waals surface area (Å²) in [6.07, 6.45) is 3.60. The molecule has 0 amide bonds. The normalized spacial score (nSPS) is 17.6. The van der Waals surface area contributed by atoms with Gasteiger partial charge in [0.25, 0.3) is 0 Å². The number of hydrogen-bond acceptors (Lipinski definition) is 3. The van der Waals surface area contributed by atoms with Gasteiger partial charge in [-0.2, -0.15) is 9.61 Å². The van der Waals surface area contributed by atoms with Gasteiger partial charge in [-0.25, -0.2) is 4.98 Å². The second kappa shape index (κ2) is 4.55. The van der Waals surface area contributed by atoms with Crippen LogP contribution in [0.5, 0.6) is 0 Å². The van der Waals surface area contributed by atoms with Crippen molar-refractivity contribution in [1.29, 1.82) is 0 Å². The van der Waals surface area contributed by atoms with Gasteiger partial charge in [-0.3, -0.25) is 4.39 Å². The number of fused-ring (bicyclic) bond motifs is 1. The fourth-order valence-electron chi connectivity index (χ4n) is 2.56. The van der Waals surface area contributed by atoms with Crippen LogP contribution < -0.4 is 4.90 Å². The van der Waals surface area contributed by atoms with Crippen LogP contribution >= 0.6 is 0 Å². The van der Waals surface area contributed by atoms with Crippen LogP contribution in [0.1, 0.15) is 18.5 Å². The molecule has 3 heterocycles. The summed E-state index contributed by atoms with van der Waals surface area (Å²) in [5.41, 5.74) is 1.86. The van der Waals surface area contributed by atoms with Crippen molar-refractivity contribution in [3.8, 4) is 0 Å². The number of alkyl halides is 1. The quantitative estimate of drug-likeness (QED) is 0.817. The molecule has 0 N–H and O–H groups in total. The van der Waals surface area contributed by atoms with Crippen LogP contribution in [0.2, 0.25) is 0 Å². The zero-order chi connectivity index (χ0) is 12.5. The second-order valence-corrected chi connectivity index (χ2v) is 4.94. The van der Waals surface area contributed by atoms with Gasteiger partial charge in [0.05, 0.1) is 12.9 Å². The Bertz CT molecular complexity index is 543. The summed E-state index contributed by atoms with van der Waals surface area (Å²) in [6.45, 7) is 3.59. The minimum atomic E-state index is -0.194. The van der Waals surface area contributed by atoms with Crippen molar-refractivity contribution in [2.75, 3.05) is 24.7 Å². The number of rotatable bonds is 2. The number of piperidine rings is 1. The molecule has 1 aliphatic rings. The standard InChI is InChI=1S/C13H17FN4/c1-10-8-13(18-12(16-10)2-5-15-18)17-6-3-11(9-14)4-7-17/h2,5,8,11H,3-4,6-7,9H2,1H3. The van der Waals surface area contributed by atoms with Gasteiger partial charge in [0.2, 0.25) is 0 Å². The monoisotopic (exact) mass is 248 g/mol. The lowest BCUT2D eigenvalue weighted by molar-refractivity contribution is 0.306. The van der Waals surface area contributed by atoms with Gasteiger partial charge >= 0.3 is 0 Å². The molecule has 0 unspecified atom stereocenters. The van der Waals surface area contributed by atoms with Gasteiger partial charge in [0.1, 0.15) is 5.82 Å². The van der Waals surface area contributed by atoms with Crippen LogP contribution in [-0.4, -0.2) is 34.4 Å². The fraction of sp³-hybridized carbons (Fsp3) is 0.538. The van der Waals surface area contributed by atoms with Gasteiger partial charge in [-0.05, 0) is 25.7 Å². The highest BCUT2D eigenvalue weighted by atomic mass is 19.1. The maximum absolute atomic E-state index is 12.6. The molecule has 2 aromatic heterocycles. The molecule has 1 saturated heterocycles. The van der Waals surface area contributed by atoms with E-state index in [1.54, 1.807) is 6.20 Å². The molecule has 0 bridgehead atoms. The molecule has 1 aliphatic heterocycles. The number of hydrogen-bond donors (Lipinski definition) is 0. The van der Waals surface area contributed by atoms with E-state index in [9.17, 15) is 4.39 Å². The van der Waals surface area contributed by atoms with E-state index in [4.69, 9.17) is 0 Å². The lowest BCUT2D eigenvalue weighted by Gasteiger charge is -2.32. The number of halogens is 1. The maximum atomic E-state index is 12.6. The van der Waals surface area contributed by atoms with Gasteiger partial charge in [-0.15, -0.1) is 0 Å². The van der Waals surface area contributed by atoms with E-state index in [0.717, 1.165) is 43.1 Å². The fourth-order valence-corrected chi connectivity index (χ4v) is 2.56. The molecule has 4 nitrogen and oxygen atoms in total. The highest BCUT2D eigenvalue weighted by molar-refractivity contribution is 5.50. The van der Waals surface area contributed by atoms with E-state index in [0.29, 0.717) is 0 Å². The Kier molecular flexibility index (Phi) is 2.89. The van der Waals surface area contributed by atoms with E-state index >= 15 is 0 Å². The molecule has 96 valence electrons. The zero-order valence-electron chi connectivity index (χ0n) is 10.5. The first-order valence-electron chi connectivity index (χ1n) is 6.40. The molecule has 0 radical (unpaired) electrons. The SMILES string of the molecule is Cc1cc(N2CCC(CF)CC2)n2nccc2n1. The lowest BCUT2D eigenvalue weighted by Crippen LogP contribution is -2.35. The number of aromatic nitrogens is 3. The summed E-state index contributed by atoms with van der Waals surface area (Å²) < 4.78 is 14.5. The summed E-state index contributed by atoms with van der Waals surface area (Å²) in [6, 6.07) is 3.96. The molecule has 0 saturated carbocycles. The molecule has 0 aromatic carbocycles.